The summed E-state index contributed by atoms with van der Waals surface area (Å²) in [6.45, 7) is 0.356. The summed E-state index contributed by atoms with van der Waals surface area (Å²) in [4.78, 5) is 13.9. The molecule has 0 N–H and O–H groups in total. The molecule has 1 aliphatic rings. The predicted molar refractivity (Wildman–Crippen MR) is 109 cm³/mol. The van der Waals surface area contributed by atoms with Crippen molar-refractivity contribution in [2.45, 2.75) is 24.1 Å². The van der Waals surface area contributed by atoms with Crippen molar-refractivity contribution in [3.63, 3.8) is 0 Å². The molecule has 0 unspecified atom stereocenters. The van der Waals surface area contributed by atoms with E-state index in [0.717, 1.165) is 35.5 Å². The van der Waals surface area contributed by atoms with Crippen LogP contribution in [0.2, 0.25) is 0 Å². The fourth-order valence-corrected chi connectivity index (χ4v) is 4.61. The van der Waals surface area contributed by atoms with Crippen molar-refractivity contribution < 1.29 is 31.1 Å². The van der Waals surface area contributed by atoms with Gasteiger partial charge in [-0.3, -0.25) is 4.79 Å². The third kappa shape index (κ3) is 5.86. The molecular formula is C21H21F3N2O4S. The van der Waals surface area contributed by atoms with Crippen LogP contribution in [0.1, 0.15) is 12.8 Å². The van der Waals surface area contributed by atoms with Crippen molar-refractivity contribution in [2.24, 2.45) is 0 Å². The zero-order valence-electron chi connectivity index (χ0n) is 16.7. The van der Waals surface area contributed by atoms with E-state index in [0.29, 0.717) is 12.8 Å². The van der Waals surface area contributed by atoms with Gasteiger partial charge in [-0.05, 0) is 49.2 Å². The summed E-state index contributed by atoms with van der Waals surface area (Å²) in [6, 6.07) is 13.2. The number of benzene rings is 2. The van der Waals surface area contributed by atoms with Crippen molar-refractivity contribution in [3.8, 4) is 5.75 Å². The van der Waals surface area contributed by atoms with Crippen LogP contribution in [0.3, 0.4) is 0 Å². The summed E-state index contributed by atoms with van der Waals surface area (Å²) in [6.07, 6.45) is -2.53. The number of anilines is 1. The molecule has 31 heavy (non-hydrogen) atoms. The smallest absolute Gasteiger partial charge is 0.406 e. The number of rotatable bonds is 5. The molecule has 0 aliphatic carbocycles. The highest BCUT2D eigenvalue weighted by Gasteiger charge is 2.32. The monoisotopic (exact) mass is 454 g/mol. The molecule has 6 nitrogen and oxygen atoms in total. The molecule has 0 bridgehead atoms. The number of carbonyl (C=O) groups is 1. The van der Waals surface area contributed by atoms with Gasteiger partial charge >= 0.3 is 6.36 Å². The fourth-order valence-electron chi connectivity index (χ4n) is 3.17. The molecule has 1 heterocycles. The highest BCUT2D eigenvalue weighted by Crippen LogP contribution is 2.27. The first-order chi connectivity index (χ1) is 14.6. The molecule has 0 spiro atoms. The average Bonchev–Trinajstić information content (AvgIpc) is 2.73. The van der Waals surface area contributed by atoms with Gasteiger partial charge in [-0.25, -0.2) is 8.42 Å². The first-order valence-electron chi connectivity index (χ1n) is 9.44. The summed E-state index contributed by atoms with van der Waals surface area (Å²) in [5.41, 5.74) is 1.59. The Kier molecular flexibility index (Phi) is 6.71. The fraction of sp³-hybridized carbons (Fsp3) is 0.286. The SMILES string of the molecule is CN(C(=O)C=C1CCN(S(=O)(=O)c2ccc(OC(F)(F)F)cc2)CC1)c1ccccc1. The number of piperidine rings is 1. The summed E-state index contributed by atoms with van der Waals surface area (Å²) in [5.74, 6) is -0.686. The lowest BCUT2D eigenvalue weighted by molar-refractivity contribution is -0.274. The summed E-state index contributed by atoms with van der Waals surface area (Å²) in [7, 11) is -2.19. The van der Waals surface area contributed by atoms with Gasteiger partial charge < -0.3 is 9.64 Å². The zero-order valence-corrected chi connectivity index (χ0v) is 17.5. The van der Waals surface area contributed by atoms with E-state index in [4.69, 9.17) is 0 Å². The van der Waals surface area contributed by atoms with Crippen molar-refractivity contribution in [1.82, 2.24) is 4.31 Å². The molecule has 1 saturated heterocycles. The minimum Gasteiger partial charge on any atom is -0.406 e. The molecule has 0 radical (unpaired) electrons. The van der Waals surface area contributed by atoms with Crippen molar-refractivity contribution >= 4 is 21.6 Å². The van der Waals surface area contributed by atoms with Gasteiger partial charge in [0.1, 0.15) is 5.75 Å². The molecule has 166 valence electrons. The van der Waals surface area contributed by atoms with Gasteiger partial charge in [0.25, 0.3) is 5.91 Å². The lowest BCUT2D eigenvalue weighted by Gasteiger charge is -2.28. The first kappa shape index (κ1) is 22.8. The highest BCUT2D eigenvalue weighted by molar-refractivity contribution is 7.89. The van der Waals surface area contributed by atoms with Crippen LogP contribution < -0.4 is 9.64 Å². The Morgan fingerprint density at radius 3 is 2.16 bits per heavy atom. The second-order valence-electron chi connectivity index (χ2n) is 6.96. The van der Waals surface area contributed by atoms with Gasteiger partial charge in [0.15, 0.2) is 0 Å². The Labute approximate surface area is 178 Å². The van der Waals surface area contributed by atoms with Gasteiger partial charge in [0, 0.05) is 31.9 Å². The molecule has 10 heteroatoms. The van der Waals surface area contributed by atoms with Crippen LogP contribution in [0.15, 0.2) is 71.1 Å². The van der Waals surface area contributed by atoms with Gasteiger partial charge in [-0.15, -0.1) is 13.2 Å². The van der Waals surface area contributed by atoms with Crippen LogP contribution in [0.4, 0.5) is 18.9 Å². The van der Waals surface area contributed by atoms with E-state index in [1.54, 1.807) is 7.05 Å². The Balaban J connectivity index is 1.63. The topological polar surface area (TPSA) is 66.9 Å². The summed E-state index contributed by atoms with van der Waals surface area (Å²) in [5, 5.41) is 0. The normalized spacial score (nSPS) is 15.4. The number of sulfonamides is 1. The van der Waals surface area contributed by atoms with Crippen LogP contribution in [0, 0.1) is 0 Å². The molecule has 1 fully saturated rings. The summed E-state index contributed by atoms with van der Waals surface area (Å²) >= 11 is 0. The molecule has 1 aliphatic heterocycles. The van der Waals surface area contributed by atoms with E-state index in [1.165, 1.54) is 15.3 Å². The molecule has 2 aromatic rings. The van der Waals surface area contributed by atoms with Crippen LogP contribution in [-0.2, 0) is 14.8 Å². The lowest BCUT2D eigenvalue weighted by Crippen LogP contribution is -2.36. The van der Waals surface area contributed by atoms with Crippen molar-refractivity contribution in [1.29, 1.82) is 0 Å². The van der Waals surface area contributed by atoms with E-state index >= 15 is 0 Å². The number of hydrogen-bond donors (Lipinski definition) is 0. The van der Waals surface area contributed by atoms with Gasteiger partial charge in [0.05, 0.1) is 4.90 Å². The van der Waals surface area contributed by atoms with Gasteiger partial charge in [-0.1, -0.05) is 23.8 Å². The number of carbonyl (C=O) groups excluding carboxylic acids is 1. The minimum atomic E-state index is -4.85. The molecule has 0 saturated carbocycles. The van der Waals surface area contributed by atoms with E-state index < -0.39 is 22.1 Å². The van der Waals surface area contributed by atoms with Crippen LogP contribution in [0.5, 0.6) is 5.75 Å². The molecule has 2 aromatic carbocycles. The average molecular weight is 454 g/mol. The van der Waals surface area contributed by atoms with Crippen LogP contribution in [0.25, 0.3) is 0 Å². The van der Waals surface area contributed by atoms with E-state index in [9.17, 15) is 26.4 Å². The number of ether oxygens (including phenoxy) is 1. The number of amides is 1. The van der Waals surface area contributed by atoms with Crippen LogP contribution >= 0.6 is 0 Å². The Bertz CT molecular complexity index is 1040. The maximum Gasteiger partial charge on any atom is 0.573 e. The molecule has 0 aromatic heterocycles. The van der Waals surface area contributed by atoms with E-state index in [1.807, 2.05) is 30.3 Å². The third-order valence-electron chi connectivity index (χ3n) is 4.86. The standard InChI is InChI=1S/C21H21F3N2O4S/c1-25(17-5-3-2-4-6-17)20(27)15-16-11-13-26(14-12-16)31(28,29)19-9-7-18(8-10-19)30-21(22,23)24/h2-10,15H,11-14H2,1H3. The van der Waals surface area contributed by atoms with E-state index in [-0.39, 0.29) is 23.9 Å². The second-order valence-corrected chi connectivity index (χ2v) is 8.90. The number of likely N-dealkylation sites (N-methyl/N-ethyl adjacent to an activating group) is 1. The Morgan fingerprint density at radius 1 is 1.03 bits per heavy atom. The van der Waals surface area contributed by atoms with Crippen molar-refractivity contribution in [2.75, 3.05) is 25.0 Å². The lowest BCUT2D eigenvalue weighted by atomic mass is 10.1. The Morgan fingerprint density at radius 2 is 1.61 bits per heavy atom. The number of hydrogen-bond acceptors (Lipinski definition) is 4. The van der Waals surface area contributed by atoms with Crippen molar-refractivity contribution in [3.05, 3.63) is 66.2 Å². The maximum absolute atomic E-state index is 12.8. The Hall–Kier alpha value is -2.85. The van der Waals surface area contributed by atoms with E-state index in [2.05, 4.69) is 4.74 Å². The minimum absolute atomic E-state index is 0.116. The molecule has 1 amide bonds. The largest absolute Gasteiger partial charge is 0.573 e. The number of alkyl halides is 3. The zero-order chi connectivity index (χ0) is 22.6. The quantitative estimate of drug-likeness (QED) is 0.642. The predicted octanol–water partition coefficient (Wildman–Crippen LogP) is 3.96. The molecular weight excluding hydrogens is 433 g/mol. The highest BCUT2D eigenvalue weighted by atomic mass is 32.2. The number of nitrogens with zero attached hydrogens (tertiary/aromatic N) is 2. The number of para-hydroxylation sites is 1. The van der Waals surface area contributed by atoms with Gasteiger partial charge in [0.2, 0.25) is 10.0 Å². The molecule has 3 rings (SSSR count). The number of halogens is 3. The van der Waals surface area contributed by atoms with Gasteiger partial charge in [-0.2, -0.15) is 4.31 Å². The first-order valence-corrected chi connectivity index (χ1v) is 10.9. The maximum atomic E-state index is 12.8. The third-order valence-corrected chi connectivity index (χ3v) is 6.77. The summed E-state index contributed by atoms with van der Waals surface area (Å²) < 4.78 is 67.3. The second kappa shape index (κ2) is 9.11. The van der Waals surface area contributed by atoms with Crippen LogP contribution in [-0.4, -0.2) is 45.1 Å². The molecule has 0 atom stereocenters.